The summed E-state index contributed by atoms with van der Waals surface area (Å²) in [5.41, 5.74) is 3.50. The maximum atomic E-state index is 11.8. The zero-order valence-corrected chi connectivity index (χ0v) is 11.1. The molecule has 0 saturated carbocycles. The van der Waals surface area contributed by atoms with E-state index in [-0.39, 0.29) is 5.91 Å². The summed E-state index contributed by atoms with van der Waals surface area (Å²) < 4.78 is 2.01. The number of nitrogens with two attached hydrogens (primary N) is 1. The number of hydrazine groups is 1. The van der Waals surface area contributed by atoms with Crippen LogP contribution in [0.15, 0.2) is 37.1 Å². The van der Waals surface area contributed by atoms with Gasteiger partial charge in [-0.1, -0.05) is 0 Å². The Labute approximate surface area is 117 Å². The van der Waals surface area contributed by atoms with E-state index < -0.39 is 0 Å². The van der Waals surface area contributed by atoms with E-state index in [1.54, 1.807) is 30.9 Å². The number of rotatable bonds is 7. The molecule has 20 heavy (non-hydrogen) atoms. The second kappa shape index (κ2) is 7.25. The summed E-state index contributed by atoms with van der Waals surface area (Å²) in [6, 6.07) is 3.31. The van der Waals surface area contributed by atoms with Gasteiger partial charge in [-0.15, -0.1) is 0 Å². The number of aryl methyl sites for hydroxylation is 1. The molecule has 0 unspecified atom stereocenters. The van der Waals surface area contributed by atoms with E-state index in [9.17, 15) is 4.79 Å². The first-order valence-electron chi connectivity index (χ1n) is 6.46. The van der Waals surface area contributed by atoms with Crippen molar-refractivity contribution in [3.8, 4) is 0 Å². The quantitative estimate of drug-likeness (QED) is 0.393. The maximum absolute atomic E-state index is 11.8. The van der Waals surface area contributed by atoms with Gasteiger partial charge in [0, 0.05) is 31.7 Å². The number of imidazole rings is 1. The fourth-order valence-electron chi connectivity index (χ4n) is 1.78. The number of aromatic nitrogens is 3. The third-order valence-electron chi connectivity index (χ3n) is 2.85. The SMILES string of the molecule is NNc1ccnc(C(=O)NCCCCn2ccnc2)c1. The molecule has 0 aromatic carbocycles. The first-order chi connectivity index (χ1) is 9.79. The van der Waals surface area contributed by atoms with Crippen molar-refractivity contribution in [3.05, 3.63) is 42.7 Å². The average Bonchev–Trinajstić information content (AvgIpc) is 3.00. The van der Waals surface area contributed by atoms with E-state index in [0.29, 0.717) is 17.9 Å². The topological polar surface area (TPSA) is 97.9 Å². The van der Waals surface area contributed by atoms with Gasteiger partial charge in [0.25, 0.3) is 5.91 Å². The van der Waals surface area contributed by atoms with Crippen molar-refractivity contribution in [2.45, 2.75) is 19.4 Å². The maximum Gasteiger partial charge on any atom is 0.269 e. The second-order valence-corrected chi connectivity index (χ2v) is 4.34. The van der Waals surface area contributed by atoms with Crippen molar-refractivity contribution < 1.29 is 4.79 Å². The Balaban J connectivity index is 1.69. The highest BCUT2D eigenvalue weighted by Crippen LogP contribution is 2.05. The minimum absolute atomic E-state index is 0.190. The van der Waals surface area contributed by atoms with E-state index in [4.69, 9.17) is 5.84 Å². The van der Waals surface area contributed by atoms with Gasteiger partial charge in [-0.05, 0) is 25.0 Å². The predicted molar refractivity (Wildman–Crippen MR) is 75.8 cm³/mol. The molecule has 0 fully saturated rings. The molecule has 0 atom stereocenters. The molecule has 0 aliphatic carbocycles. The Morgan fingerprint density at radius 1 is 1.35 bits per heavy atom. The average molecular weight is 274 g/mol. The van der Waals surface area contributed by atoms with E-state index in [1.165, 1.54) is 0 Å². The molecule has 0 aliphatic rings. The summed E-state index contributed by atoms with van der Waals surface area (Å²) >= 11 is 0. The molecule has 2 heterocycles. The first-order valence-corrected chi connectivity index (χ1v) is 6.46. The first kappa shape index (κ1) is 14.0. The number of nitrogens with zero attached hydrogens (tertiary/aromatic N) is 3. The smallest absolute Gasteiger partial charge is 0.269 e. The largest absolute Gasteiger partial charge is 0.351 e. The molecule has 106 valence electrons. The lowest BCUT2D eigenvalue weighted by Crippen LogP contribution is -2.25. The molecule has 2 aromatic rings. The molecule has 0 bridgehead atoms. The van der Waals surface area contributed by atoms with Gasteiger partial charge >= 0.3 is 0 Å². The van der Waals surface area contributed by atoms with Crippen molar-refractivity contribution >= 4 is 11.6 Å². The molecule has 1 amide bonds. The van der Waals surface area contributed by atoms with Crippen molar-refractivity contribution in [2.24, 2.45) is 5.84 Å². The molecule has 2 rings (SSSR count). The summed E-state index contributed by atoms with van der Waals surface area (Å²) in [4.78, 5) is 19.8. The molecular formula is C13H18N6O. The lowest BCUT2D eigenvalue weighted by molar-refractivity contribution is 0.0948. The van der Waals surface area contributed by atoms with Crippen LogP contribution in [0.1, 0.15) is 23.3 Å². The van der Waals surface area contributed by atoms with Crippen LogP contribution in [0.3, 0.4) is 0 Å². The molecule has 0 aliphatic heterocycles. The number of nitrogens with one attached hydrogen (secondary N) is 2. The van der Waals surface area contributed by atoms with Crippen LogP contribution >= 0.6 is 0 Å². The van der Waals surface area contributed by atoms with Crippen molar-refractivity contribution in [1.29, 1.82) is 0 Å². The third kappa shape index (κ3) is 4.06. The highest BCUT2D eigenvalue weighted by Gasteiger charge is 2.06. The molecule has 7 nitrogen and oxygen atoms in total. The monoisotopic (exact) mass is 274 g/mol. The number of hydrogen-bond acceptors (Lipinski definition) is 5. The van der Waals surface area contributed by atoms with Gasteiger partial charge in [0.2, 0.25) is 0 Å². The normalized spacial score (nSPS) is 10.2. The van der Waals surface area contributed by atoms with Crippen LogP contribution in [-0.2, 0) is 6.54 Å². The van der Waals surface area contributed by atoms with Crippen LogP contribution < -0.4 is 16.6 Å². The lowest BCUT2D eigenvalue weighted by atomic mass is 10.2. The molecule has 7 heteroatoms. The number of carbonyl (C=O) groups excluding carboxylic acids is 1. The number of hydrogen-bond donors (Lipinski definition) is 3. The van der Waals surface area contributed by atoms with Crippen molar-refractivity contribution in [1.82, 2.24) is 19.9 Å². The summed E-state index contributed by atoms with van der Waals surface area (Å²) in [6.45, 7) is 1.52. The minimum atomic E-state index is -0.190. The Hall–Kier alpha value is -2.41. The van der Waals surface area contributed by atoms with Gasteiger partial charge in [0.15, 0.2) is 0 Å². The predicted octanol–water partition coefficient (Wildman–Crippen LogP) is 0.774. The zero-order valence-electron chi connectivity index (χ0n) is 11.1. The molecule has 2 aromatic heterocycles. The van der Waals surface area contributed by atoms with E-state index in [0.717, 1.165) is 19.4 Å². The van der Waals surface area contributed by atoms with E-state index in [1.807, 2.05) is 10.8 Å². The zero-order chi connectivity index (χ0) is 14.2. The van der Waals surface area contributed by atoms with Gasteiger partial charge in [-0.3, -0.25) is 15.6 Å². The van der Waals surface area contributed by atoms with E-state index >= 15 is 0 Å². The Morgan fingerprint density at radius 3 is 3.00 bits per heavy atom. The number of anilines is 1. The standard InChI is InChI=1S/C13H18N6O/c14-18-11-3-5-16-12(9-11)13(20)17-4-1-2-7-19-8-6-15-10-19/h3,5-6,8-10H,1-2,4,7,14H2,(H,16,18)(H,17,20). The molecule has 0 radical (unpaired) electrons. The Bertz CT molecular complexity index is 540. The highest BCUT2D eigenvalue weighted by molar-refractivity contribution is 5.93. The van der Waals surface area contributed by atoms with Crippen LogP contribution in [0, 0.1) is 0 Å². The Morgan fingerprint density at radius 2 is 2.25 bits per heavy atom. The number of pyridine rings is 1. The van der Waals surface area contributed by atoms with Crippen molar-refractivity contribution in [3.63, 3.8) is 0 Å². The number of amides is 1. The highest BCUT2D eigenvalue weighted by atomic mass is 16.1. The Kier molecular flexibility index (Phi) is 5.08. The van der Waals surface area contributed by atoms with Gasteiger partial charge < -0.3 is 15.3 Å². The van der Waals surface area contributed by atoms with Crippen LogP contribution in [0.25, 0.3) is 0 Å². The van der Waals surface area contributed by atoms with Gasteiger partial charge in [0.05, 0.1) is 12.0 Å². The van der Waals surface area contributed by atoms with Crippen LogP contribution in [0.5, 0.6) is 0 Å². The molecule has 4 N–H and O–H groups in total. The molecular weight excluding hydrogens is 256 g/mol. The summed E-state index contributed by atoms with van der Waals surface area (Å²) in [6.07, 6.45) is 8.89. The number of carbonyl (C=O) groups is 1. The van der Waals surface area contributed by atoms with Gasteiger partial charge in [0.1, 0.15) is 5.69 Å². The minimum Gasteiger partial charge on any atom is -0.351 e. The van der Waals surface area contributed by atoms with Gasteiger partial charge in [-0.25, -0.2) is 4.98 Å². The van der Waals surface area contributed by atoms with E-state index in [2.05, 4.69) is 20.7 Å². The fraction of sp³-hybridized carbons (Fsp3) is 0.308. The summed E-state index contributed by atoms with van der Waals surface area (Å²) in [5, 5.41) is 2.84. The van der Waals surface area contributed by atoms with Crippen LogP contribution in [-0.4, -0.2) is 27.0 Å². The summed E-state index contributed by atoms with van der Waals surface area (Å²) in [5.74, 6) is 5.10. The second-order valence-electron chi connectivity index (χ2n) is 4.34. The fourth-order valence-corrected chi connectivity index (χ4v) is 1.78. The number of nitrogen functional groups attached to an aromatic ring is 1. The van der Waals surface area contributed by atoms with Crippen molar-refractivity contribution in [2.75, 3.05) is 12.0 Å². The van der Waals surface area contributed by atoms with Crippen LogP contribution in [0.4, 0.5) is 5.69 Å². The van der Waals surface area contributed by atoms with Crippen LogP contribution in [0.2, 0.25) is 0 Å². The summed E-state index contributed by atoms with van der Waals surface area (Å²) in [7, 11) is 0. The number of unbranched alkanes of at least 4 members (excludes halogenated alkanes) is 1. The third-order valence-corrected chi connectivity index (χ3v) is 2.85. The molecule has 0 spiro atoms. The molecule has 0 saturated heterocycles. The van der Waals surface area contributed by atoms with Gasteiger partial charge in [-0.2, -0.15) is 0 Å². The lowest BCUT2D eigenvalue weighted by Gasteiger charge is -2.06.